The number of benzene rings is 2. The van der Waals surface area contributed by atoms with Crippen LogP contribution in [0, 0.1) is 17.0 Å². The maximum atomic E-state index is 12.2. The highest BCUT2D eigenvalue weighted by Gasteiger charge is 2.14. The van der Waals surface area contributed by atoms with Crippen LogP contribution in [0.5, 0.6) is 5.75 Å². The standard InChI is InChI=1S/C18H12ClNO6/c1-10-5-18(22)26-16-8-17(14(19)7-13(10)16)25-9-15(21)11-3-2-4-12(6-11)20(23)24/h2-8H,9H2,1H3. The summed E-state index contributed by atoms with van der Waals surface area (Å²) < 4.78 is 10.5. The lowest BCUT2D eigenvalue weighted by molar-refractivity contribution is -0.384. The molecule has 0 spiro atoms. The van der Waals surface area contributed by atoms with E-state index in [0.717, 1.165) is 0 Å². The maximum Gasteiger partial charge on any atom is 0.336 e. The predicted octanol–water partition coefficient (Wildman–Crippen LogP) is 3.92. The molecular weight excluding hydrogens is 362 g/mol. The molecule has 1 aromatic heterocycles. The van der Waals surface area contributed by atoms with E-state index in [1.807, 2.05) is 0 Å². The molecule has 3 aromatic rings. The van der Waals surface area contributed by atoms with Crippen molar-refractivity contribution in [3.63, 3.8) is 0 Å². The van der Waals surface area contributed by atoms with Gasteiger partial charge in [-0.2, -0.15) is 0 Å². The summed E-state index contributed by atoms with van der Waals surface area (Å²) in [5.41, 5.74) is 0.459. The lowest BCUT2D eigenvalue weighted by atomic mass is 10.1. The predicted molar refractivity (Wildman–Crippen MR) is 95.2 cm³/mol. The molecule has 132 valence electrons. The van der Waals surface area contributed by atoms with Crippen molar-refractivity contribution in [2.75, 3.05) is 6.61 Å². The van der Waals surface area contributed by atoms with Gasteiger partial charge < -0.3 is 9.15 Å². The third-order valence-electron chi connectivity index (χ3n) is 3.74. The Balaban J connectivity index is 1.84. The summed E-state index contributed by atoms with van der Waals surface area (Å²) in [7, 11) is 0. The van der Waals surface area contributed by atoms with Crippen LogP contribution in [0.15, 0.2) is 51.7 Å². The van der Waals surface area contributed by atoms with Gasteiger partial charge in [0.1, 0.15) is 11.3 Å². The van der Waals surface area contributed by atoms with Gasteiger partial charge in [0, 0.05) is 35.2 Å². The number of nitrogens with zero attached hydrogens (tertiary/aromatic N) is 1. The summed E-state index contributed by atoms with van der Waals surface area (Å²) >= 11 is 6.17. The van der Waals surface area contributed by atoms with Crippen molar-refractivity contribution in [2.24, 2.45) is 0 Å². The second-order valence-electron chi connectivity index (χ2n) is 5.55. The number of rotatable bonds is 5. The van der Waals surface area contributed by atoms with Crippen LogP contribution in [0.4, 0.5) is 5.69 Å². The SMILES string of the molecule is Cc1cc(=O)oc2cc(OCC(=O)c3cccc([N+](=O)[O-])c3)c(Cl)cc12. The Morgan fingerprint density at radius 2 is 2.04 bits per heavy atom. The molecule has 0 bridgehead atoms. The molecule has 0 unspecified atom stereocenters. The lowest BCUT2D eigenvalue weighted by Crippen LogP contribution is -2.12. The molecule has 0 saturated carbocycles. The van der Waals surface area contributed by atoms with Gasteiger partial charge in [0.05, 0.1) is 9.95 Å². The Bertz CT molecular complexity index is 1090. The molecule has 0 radical (unpaired) electrons. The number of halogens is 1. The second kappa shape index (κ2) is 6.97. The highest BCUT2D eigenvalue weighted by atomic mass is 35.5. The second-order valence-corrected chi connectivity index (χ2v) is 5.95. The average Bonchev–Trinajstić information content (AvgIpc) is 2.60. The average molecular weight is 374 g/mol. The van der Waals surface area contributed by atoms with Crippen molar-refractivity contribution >= 4 is 34.0 Å². The van der Waals surface area contributed by atoms with E-state index in [0.29, 0.717) is 10.9 Å². The zero-order chi connectivity index (χ0) is 18.8. The first-order chi connectivity index (χ1) is 12.3. The molecule has 7 nitrogen and oxygen atoms in total. The number of non-ortho nitro benzene ring substituents is 1. The van der Waals surface area contributed by atoms with Crippen LogP contribution < -0.4 is 10.4 Å². The molecule has 1 heterocycles. The largest absolute Gasteiger partial charge is 0.484 e. The molecule has 0 amide bonds. The molecule has 0 N–H and O–H groups in total. The Morgan fingerprint density at radius 3 is 2.77 bits per heavy atom. The summed E-state index contributed by atoms with van der Waals surface area (Å²) in [5.74, 6) is -0.276. The monoisotopic (exact) mass is 373 g/mol. The summed E-state index contributed by atoms with van der Waals surface area (Å²) in [6.07, 6.45) is 0. The van der Waals surface area contributed by atoms with Gasteiger partial charge in [0.25, 0.3) is 5.69 Å². The van der Waals surface area contributed by atoms with E-state index >= 15 is 0 Å². The van der Waals surface area contributed by atoms with E-state index in [2.05, 4.69) is 0 Å². The first-order valence-electron chi connectivity index (χ1n) is 7.49. The van der Waals surface area contributed by atoms with Crippen LogP contribution in [-0.2, 0) is 0 Å². The Labute approximate surface area is 151 Å². The van der Waals surface area contributed by atoms with Gasteiger partial charge in [-0.15, -0.1) is 0 Å². The first-order valence-corrected chi connectivity index (χ1v) is 7.87. The molecule has 26 heavy (non-hydrogen) atoms. The minimum Gasteiger partial charge on any atom is -0.484 e. The van der Waals surface area contributed by atoms with Gasteiger partial charge in [-0.3, -0.25) is 14.9 Å². The molecule has 0 atom stereocenters. The Kier molecular flexibility index (Phi) is 4.73. The summed E-state index contributed by atoms with van der Waals surface area (Å²) in [4.78, 5) is 33.9. The highest BCUT2D eigenvalue weighted by molar-refractivity contribution is 6.32. The molecule has 0 fully saturated rings. The van der Waals surface area contributed by atoms with Crippen molar-refractivity contribution in [1.29, 1.82) is 0 Å². The van der Waals surface area contributed by atoms with E-state index in [1.165, 1.54) is 36.4 Å². The summed E-state index contributed by atoms with van der Waals surface area (Å²) in [6.45, 7) is 1.38. The third kappa shape index (κ3) is 3.57. The molecule has 3 rings (SSSR count). The van der Waals surface area contributed by atoms with Crippen molar-refractivity contribution in [3.05, 3.63) is 79.1 Å². The summed E-state index contributed by atoms with van der Waals surface area (Å²) in [5, 5.41) is 11.7. The number of nitro benzene ring substituents is 1. The number of nitro groups is 1. The van der Waals surface area contributed by atoms with Gasteiger partial charge in [-0.05, 0) is 18.6 Å². The minimum atomic E-state index is -0.581. The van der Waals surface area contributed by atoms with E-state index in [9.17, 15) is 19.7 Å². The Morgan fingerprint density at radius 1 is 1.27 bits per heavy atom. The fourth-order valence-corrected chi connectivity index (χ4v) is 2.67. The molecule has 0 aliphatic rings. The zero-order valence-electron chi connectivity index (χ0n) is 13.5. The maximum absolute atomic E-state index is 12.2. The highest BCUT2D eigenvalue weighted by Crippen LogP contribution is 2.31. The minimum absolute atomic E-state index is 0.151. The van der Waals surface area contributed by atoms with Crippen molar-refractivity contribution < 1.29 is 18.9 Å². The quantitative estimate of drug-likeness (QED) is 0.291. The number of carbonyl (C=O) groups is 1. The number of hydrogen-bond donors (Lipinski definition) is 0. The number of hydrogen-bond acceptors (Lipinski definition) is 6. The molecule has 8 heteroatoms. The van der Waals surface area contributed by atoms with Gasteiger partial charge in [0.2, 0.25) is 0 Å². The number of carbonyl (C=O) groups excluding carboxylic acids is 1. The van der Waals surface area contributed by atoms with Crippen LogP contribution in [0.2, 0.25) is 5.02 Å². The lowest BCUT2D eigenvalue weighted by Gasteiger charge is -2.09. The van der Waals surface area contributed by atoms with Crippen LogP contribution in [0.3, 0.4) is 0 Å². The van der Waals surface area contributed by atoms with Crippen LogP contribution in [-0.4, -0.2) is 17.3 Å². The topological polar surface area (TPSA) is 99.7 Å². The molecule has 0 aliphatic heterocycles. The summed E-state index contributed by atoms with van der Waals surface area (Å²) in [6, 6.07) is 9.73. The van der Waals surface area contributed by atoms with Gasteiger partial charge >= 0.3 is 5.63 Å². The van der Waals surface area contributed by atoms with Gasteiger partial charge in [-0.25, -0.2) is 4.79 Å². The third-order valence-corrected chi connectivity index (χ3v) is 4.04. The van der Waals surface area contributed by atoms with E-state index in [1.54, 1.807) is 13.0 Å². The number of ketones is 1. The van der Waals surface area contributed by atoms with Crippen molar-refractivity contribution in [1.82, 2.24) is 0 Å². The van der Waals surface area contributed by atoms with Crippen LogP contribution >= 0.6 is 11.6 Å². The fourth-order valence-electron chi connectivity index (χ4n) is 2.45. The van der Waals surface area contributed by atoms with Gasteiger partial charge in [-0.1, -0.05) is 23.7 Å². The van der Waals surface area contributed by atoms with Crippen molar-refractivity contribution in [3.8, 4) is 5.75 Å². The molecule has 2 aromatic carbocycles. The number of fused-ring (bicyclic) bond motifs is 1. The van der Waals surface area contributed by atoms with E-state index in [4.69, 9.17) is 20.8 Å². The molecule has 0 saturated heterocycles. The number of ether oxygens (including phenoxy) is 1. The van der Waals surface area contributed by atoms with E-state index in [-0.39, 0.29) is 34.2 Å². The normalized spacial score (nSPS) is 10.7. The first kappa shape index (κ1) is 17.6. The van der Waals surface area contributed by atoms with Crippen LogP contribution in [0.25, 0.3) is 11.0 Å². The smallest absolute Gasteiger partial charge is 0.336 e. The van der Waals surface area contributed by atoms with Crippen LogP contribution in [0.1, 0.15) is 15.9 Å². The number of Topliss-reactive ketones (excluding diaryl/α,β-unsaturated/α-hetero) is 1. The van der Waals surface area contributed by atoms with Gasteiger partial charge in [0.15, 0.2) is 12.4 Å². The number of aryl methyl sites for hydroxylation is 1. The van der Waals surface area contributed by atoms with E-state index < -0.39 is 16.3 Å². The fraction of sp³-hybridized carbons (Fsp3) is 0.111. The zero-order valence-corrected chi connectivity index (χ0v) is 14.3. The molecular formula is C18H12ClNO6. The Hall–Kier alpha value is -3.19. The van der Waals surface area contributed by atoms with Crippen molar-refractivity contribution in [2.45, 2.75) is 6.92 Å². The molecule has 0 aliphatic carbocycles.